The molecule has 0 aromatic heterocycles. The summed E-state index contributed by atoms with van der Waals surface area (Å²) in [4.78, 5) is 11.3. The molecule has 1 aliphatic heterocycles. The van der Waals surface area contributed by atoms with Crippen molar-refractivity contribution in [3.05, 3.63) is 64.4 Å². The summed E-state index contributed by atoms with van der Waals surface area (Å²) >= 11 is 0. The van der Waals surface area contributed by atoms with E-state index in [-0.39, 0.29) is 5.41 Å². The van der Waals surface area contributed by atoms with Crippen LogP contribution in [0.15, 0.2) is 47.7 Å². The van der Waals surface area contributed by atoms with Gasteiger partial charge in [-0.2, -0.15) is 0 Å². The van der Waals surface area contributed by atoms with E-state index in [0.717, 1.165) is 24.9 Å². The number of benzene rings is 1. The number of allylic oxidation sites excluding steroid dienone is 4. The molecule has 2 N–H and O–H groups in total. The second-order valence-corrected chi connectivity index (χ2v) is 5.64. The Kier molecular flexibility index (Phi) is 2.22. The molecule has 1 heterocycles. The minimum atomic E-state index is -0.857. The molecule has 4 rings (SSSR count). The third kappa shape index (κ3) is 1.38. The van der Waals surface area contributed by atoms with Crippen LogP contribution in [0.3, 0.4) is 0 Å². The molecule has 3 heteroatoms. The van der Waals surface area contributed by atoms with Gasteiger partial charge in [-0.05, 0) is 47.8 Å². The number of nitrogens with one attached hydrogen (secondary N) is 1. The molecule has 3 aliphatic rings. The van der Waals surface area contributed by atoms with Crippen molar-refractivity contribution < 1.29 is 9.90 Å². The van der Waals surface area contributed by atoms with Crippen molar-refractivity contribution in [2.24, 2.45) is 0 Å². The monoisotopic (exact) mass is 265 g/mol. The molecule has 0 spiro atoms. The first-order valence-electron chi connectivity index (χ1n) is 6.92. The quantitative estimate of drug-likeness (QED) is 0.821. The molecule has 1 atom stereocenters. The molecule has 20 heavy (non-hydrogen) atoms. The van der Waals surface area contributed by atoms with Gasteiger partial charge in [0.1, 0.15) is 0 Å². The first kappa shape index (κ1) is 11.5. The lowest BCUT2D eigenvalue weighted by Crippen LogP contribution is -2.44. The molecule has 1 saturated heterocycles. The third-order valence-electron chi connectivity index (χ3n) is 4.65. The van der Waals surface area contributed by atoms with E-state index in [1.54, 1.807) is 6.07 Å². The molecule has 100 valence electrons. The average molecular weight is 265 g/mol. The lowest BCUT2D eigenvalue weighted by Gasteiger charge is -2.46. The van der Waals surface area contributed by atoms with Crippen molar-refractivity contribution in [1.29, 1.82) is 0 Å². The van der Waals surface area contributed by atoms with Crippen LogP contribution in [0.25, 0.3) is 6.08 Å². The highest BCUT2D eigenvalue weighted by Gasteiger charge is 2.43. The Bertz CT molecular complexity index is 712. The van der Waals surface area contributed by atoms with E-state index >= 15 is 0 Å². The van der Waals surface area contributed by atoms with E-state index in [0.29, 0.717) is 5.56 Å². The molecule has 3 nitrogen and oxygen atoms in total. The van der Waals surface area contributed by atoms with Crippen molar-refractivity contribution in [3.63, 3.8) is 0 Å². The van der Waals surface area contributed by atoms with Gasteiger partial charge < -0.3 is 10.4 Å². The van der Waals surface area contributed by atoms with Gasteiger partial charge in [-0.1, -0.05) is 24.3 Å². The molecule has 0 amide bonds. The van der Waals surface area contributed by atoms with Gasteiger partial charge in [0.2, 0.25) is 0 Å². The SMILES string of the molecule is O=C(O)c1ccc2c(c1)C13CC=CC=C1C(=C2)NCC3. The zero-order valence-electron chi connectivity index (χ0n) is 11.0. The van der Waals surface area contributed by atoms with Crippen LogP contribution in [-0.2, 0) is 5.41 Å². The Morgan fingerprint density at radius 2 is 2.25 bits per heavy atom. The number of carbonyl (C=O) groups is 1. The number of carboxylic acid groups (broad SMARTS) is 1. The summed E-state index contributed by atoms with van der Waals surface area (Å²) in [6, 6.07) is 5.49. The summed E-state index contributed by atoms with van der Waals surface area (Å²) < 4.78 is 0. The zero-order valence-corrected chi connectivity index (χ0v) is 11.0. The molecular weight excluding hydrogens is 250 g/mol. The molecule has 1 aromatic rings. The number of carboxylic acids is 1. The fourth-order valence-corrected chi connectivity index (χ4v) is 3.70. The zero-order chi connectivity index (χ0) is 13.7. The summed E-state index contributed by atoms with van der Waals surface area (Å²) in [5.41, 5.74) is 5.15. The van der Waals surface area contributed by atoms with Crippen molar-refractivity contribution >= 4 is 12.0 Å². The summed E-state index contributed by atoms with van der Waals surface area (Å²) in [6.07, 6.45) is 10.6. The first-order valence-corrected chi connectivity index (χ1v) is 6.92. The highest BCUT2D eigenvalue weighted by molar-refractivity contribution is 5.89. The topological polar surface area (TPSA) is 49.3 Å². The summed E-state index contributed by atoms with van der Waals surface area (Å²) in [6.45, 7) is 0.938. The number of fused-ring (bicyclic) bond motifs is 1. The van der Waals surface area contributed by atoms with Gasteiger partial charge in [-0.15, -0.1) is 0 Å². The molecule has 1 unspecified atom stereocenters. The summed E-state index contributed by atoms with van der Waals surface area (Å²) in [7, 11) is 0. The van der Waals surface area contributed by atoms with Crippen LogP contribution in [0.4, 0.5) is 0 Å². The van der Waals surface area contributed by atoms with Gasteiger partial charge in [-0.3, -0.25) is 0 Å². The normalized spacial score (nSPS) is 25.8. The molecule has 2 aliphatic carbocycles. The standard InChI is InChI=1S/C17H15NO2/c19-16(20)12-5-4-11-10-15-13-3-1-2-6-17(13,7-8-18-15)14(11)9-12/h1-5,9-10,18H,6-8H2,(H,19,20). The van der Waals surface area contributed by atoms with E-state index in [9.17, 15) is 9.90 Å². The second-order valence-electron chi connectivity index (χ2n) is 5.64. The first-order chi connectivity index (χ1) is 9.71. The molecular formula is C17H15NO2. The predicted molar refractivity (Wildman–Crippen MR) is 77.5 cm³/mol. The Morgan fingerprint density at radius 1 is 1.35 bits per heavy atom. The van der Waals surface area contributed by atoms with Crippen molar-refractivity contribution in [3.8, 4) is 0 Å². The Labute approximate surface area is 117 Å². The van der Waals surface area contributed by atoms with Gasteiger partial charge in [0.15, 0.2) is 0 Å². The number of hydrogen-bond donors (Lipinski definition) is 2. The van der Waals surface area contributed by atoms with Crippen LogP contribution < -0.4 is 5.32 Å². The van der Waals surface area contributed by atoms with Crippen molar-refractivity contribution in [1.82, 2.24) is 5.32 Å². The van der Waals surface area contributed by atoms with Gasteiger partial charge in [0, 0.05) is 17.7 Å². The van der Waals surface area contributed by atoms with E-state index < -0.39 is 5.97 Å². The van der Waals surface area contributed by atoms with Gasteiger partial charge in [-0.25, -0.2) is 4.79 Å². The van der Waals surface area contributed by atoms with Crippen LogP contribution >= 0.6 is 0 Å². The van der Waals surface area contributed by atoms with E-state index in [1.165, 1.54) is 16.8 Å². The predicted octanol–water partition coefficient (Wildman–Crippen LogP) is 2.86. The highest BCUT2D eigenvalue weighted by atomic mass is 16.4. The number of piperidine rings is 1. The van der Waals surface area contributed by atoms with Crippen LogP contribution in [0.5, 0.6) is 0 Å². The van der Waals surface area contributed by atoms with E-state index in [2.05, 4.69) is 29.6 Å². The van der Waals surface area contributed by atoms with Gasteiger partial charge >= 0.3 is 5.97 Å². The van der Waals surface area contributed by atoms with Crippen LogP contribution in [0, 0.1) is 0 Å². The maximum absolute atomic E-state index is 11.3. The van der Waals surface area contributed by atoms with Crippen LogP contribution in [0.1, 0.15) is 34.3 Å². The Hall–Kier alpha value is -2.29. The van der Waals surface area contributed by atoms with Crippen LogP contribution in [0.2, 0.25) is 0 Å². The minimum Gasteiger partial charge on any atom is -0.478 e. The molecule has 0 saturated carbocycles. The summed E-state index contributed by atoms with van der Waals surface area (Å²) in [5, 5.41) is 12.7. The molecule has 0 radical (unpaired) electrons. The van der Waals surface area contributed by atoms with Gasteiger partial charge in [0.05, 0.1) is 5.56 Å². The number of aromatic carboxylic acids is 1. The average Bonchev–Trinajstić information content (AvgIpc) is 2.46. The largest absolute Gasteiger partial charge is 0.478 e. The van der Waals surface area contributed by atoms with Crippen LogP contribution in [-0.4, -0.2) is 17.6 Å². The smallest absolute Gasteiger partial charge is 0.335 e. The minimum absolute atomic E-state index is 0.0368. The Morgan fingerprint density at radius 3 is 3.10 bits per heavy atom. The highest BCUT2D eigenvalue weighted by Crippen LogP contribution is 2.50. The third-order valence-corrected chi connectivity index (χ3v) is 4.65. The maximum Gasteiger partial charge on any atom is 0.335 e. The molecule has 2 bridgehead atoms. The van der Waals surface area contributed by atoms with Crippen molar-refractivity contribution in [2.45, 2.75) is 18.3 Å². The second kappa shape index (κ2) is 3.85. The fourth-order valence-electron chi connectivity index (χ4n) is 3.70. The number of rotatable bonds is 1. The lowest BCUT2D eigenvalue weighted by molar-refractivity contribution is 0.0696. The van der Waals surface area contributed by atoms with E-state index in [4.69, 9.17) is 0 Å². The molecule has 1 aromatic carbocycles. The Balaban J connectivity index is 2.01. The lowest BCUT2D eigenvalue weighted by atomic mass is 9.61. The maximum atomic E-state index is 11.3. The molecule has 1 fully saturated rings. The fraction of sp³-hybridized carbons (Fsp3) is 0.235. The number of hydrogen-bond acceptors (Lipinski definition) is 2. The van der Waals surface area contributed by atoms with Crippen molar-refractivity contribution in [2.75, 3.05) is 6.54 Å². The summed E-state index contributed by atoms with van der Waals surface area (Å²) in [5.74, 6) is -0.857. The van der Waals surface area contributed by atoms with Gasteiger partial charge in [0.25, 0.3) is 0 Å². The van der Waals surface area contributed by atoms with E-state index in [1.807, 2.05) is 12.1 Å².